The molecule has 1 saturated heterocycles. The quantitative estimate of drug-likeness (QED) is 0.814. The van der Waals surface area contributed by atoms with Gasteiger partial charge in [-0.15, -0.1) is 0 Å². The van der Waals surface area contributed by atoms with Crippen molar-refractivity contribution in [2.24, 2.45) is 0 Å². The third kappa shape index (κ3) is 4.01. The lowest BCUT2D eigenvalue weighted by molar-refractivity contribution is -0.915. The molecule has 1 aromatic carbocycles. The maximum absolute atomic E-state index is 12.3. The third-order valence-corrected chi connectivity index (χ3v) is 4.19. The zero-order valence-electron chi connectivity index (χ0n) is 11.3. The fourth-order valence-electron chi connectivity index (χ4n) is 2.53. The van der Waals surface area contributed by atoms with E-state index in [0.717, 1.165) is 36.4 Å². The van der Waals surface area contributed by atoms with E-state index >= 15 is 0 Å². The average Bonchev–Trinajstić information content (AvgIpc) is 2.87. The number of halogens is 3. The first-order valence-corrected chi connectivity index (χ1v) is 7.80. The molecule has 3 nitrogen and oxygen atoms in total. The van der Waals surface area contributed by atoms with Crippen LogP contribution < -0.4 is 10.2 Å². The van der Waals surface area contributed by atoms with Crippen LogP contribution in [0.15, 0.2) is 24.3 Å². The Morgan fingerprint density at radius 3 is 2.50 bits per heavy atom. The molecule has 1 fully saturated rings. The predicted octanol–water partition coefficient (Wildman–Crippen LogP) is 2.10. The monoisotopic (exact) mass is 335 g/mol. The molecular weight excluding hydrogens is 319 g/mol. The van der Waals surface area contributed by atoms with Crippen molar-refractivity contribution in [1.29, 1.82) is 0 Å². The number of alkyl halides is 3. The number of nitrogens with one attached hydrogen (secondary N) is 2. The van der Waals surface area contributed by atoms with E-state index in [9.17, 15) is 4.79 Å². The highest BCUT2D eigenvalue weighted by Crippen LogP contribution is 2.28. The number of amides is 1. The number of aryl methyl sites for hydroxylation is 1. The van der Waals surface area contributed by atoms with Gasteiger partial charge in [0.05, 0.1) is 13.1 Å². The Morgan fingerprint density at radius 2 is 1.95 bits per heavy atom. The van der Waals surface area contributed by atoms with Crippen LogP contribution in [0.2, 0.25) is 0 Å². The highest BCUT2D eigenvalue weighted by atomic mass is 35.6. The second-order valence-electron chi connectivity index (χ2n) is 5.18. The van der Waals surface area contributed by atoms with Gasteiger partial charge in [-0.3, -0.25) is 10.1 Å². The smallest absolute Gasteiger partial charge is 0.262 e. The second-order valence-corrected chi connectivity index (χ2v) is 7.55. The highest BCUT2D eigenvalue weighted by molar-refractivity contribution is 6.68. The SMILES string of the molecule is Cc1cccc(C(=O)N[C@@H]([NH+]2CCCC2)C(Cl)(Cl)Cl)c1. The summed E-state index contributed by atoms with van der Waals surface area (Å²) in [6, 6.07) is 7.37. The van der Waals surface area contributed by atoms with Gasteiger partial charge in [0.25, 0.3) is 9.70 Å². The maximum Gasteiger partial charge on any atom is 0.262 e. The van der Waals surface area contributed by atoms with Gasteiger partial charge in [-0.1, -0.05) is 52.5 Å². The Bertz CT molecular complexity index is 482. The van der Waals surface area contributed by atoms with E-state index in [1.807, 2.05) is 25.1 Å². The molecule has 1 aromatic rings. The summed E-state index contributed by atoms with van der Waals surface area (Å²) in [5.41, 5.74) is 1.61. The van der Waals surface area contributed by atoms with Gasteiger partial charge in [-0.2, -0.15) is 0 Å². The topological polar surface area (TPSA) is 33.5 Å². The molecule has 1 heterocycles. The molecule has 1 aliphatic rings. The van der Waals surface area contributed by atoms with Gasteiger partial charge in [0, 0.05) is 18.4 Å². The summed E-state index contributed by atoms with van der Waals surface area (Å²) in [4.78, 5) is 13.4. The van der Waals surface area contributed by atoms with E-state index in [-0.39, 0.29) is 5.91 Å². The lowest BCUT2D eigenvalue weighted by Crippen LogP contribution is -3.17. The van der Waals surface area contributed by atoms with Gasteiger partial charge >= 0.3 is 0 Å². The summed E-state index contributed by atoms with van der Waals surface area (Å²) in [6.07, 6.45) is 1.66. The molecular formula is C14H18Cl3N2O+. The third-order valence-electron chi connectivity index (χ3n) is 3.54. The number of hydrogen-bond acceptors (Lipinski definition) is 1. The van der Waals surface area contributed by atoms with E-state index in [1.54, 1.807) is 6.07 Å². The molecule has 2 N–H and O–H groups in total. The molecule has 1 amide bonds. The number of carbonyl (C=O) groups is 1. The maximum atomic E-state index is 12.3. The molecule has 0 unspecified atom stereocenters. The van der Waals surface area contributed by atoms with Gasteiger partial charge in [-0.05, 0) is 19.1 Å². The normalized spacial score (nSPS) is 18.0. The van der Waals surface area contributed by atoms with Crippen LogP contribution in [0.1, 0.15) is 28.8 Å². The Balaban J connectivity index is 2.13. The lowest BCUT2D eigenvalue weighted by atomic mass is 10.1. The first-order valence-electron chi connectivity index (χ1n) is 6.67. The van der Waals surface area contributed by atoms with Gasteiger partial charge in [0.1, 0.15) is 0 Å². The van der Waals surface area contributed by atoms with Crippen LogP contribution in [0.3, 0.4) is 0 Å². The van der Waals surface area contributed by atoms with E-state index in [0.29, 0.717) is 5.56 Å². The first-order chi connectivity index (χ1) is 9.38. The van der Waals surface area contributed by atoms with Crippen LogP contribution in [0.5, 0.6) is 0 Å². The number of benzene rings is 1. The van der Waals surface area contributed by atoms with Gasteiger partial charge in [0.2, 0.25) is 6.17 Å². The Kier molecular flexibility index (Phi) is 5.19. The van der Waals surface area contributed by atoms with Crippen LogP contribution in [-0.4, -0.2) is 29.0 Å². The fraction of sp³-hybridized carbons (Fsp3) is 0.500. The van der Waals surface area contributed by atoms with Crippen LogP contribution in [0.4, 0.5) is 0 Å². The minimum absolute atomic E-state index is 0.204. The van der Waals surface area contributed by atoms with Gasteiger partial charge in [0.15, 0.2) is 0 Å². The van der Waals surface area contributed by atoms with Crippen molar-refractivity contribution in [3.8, 4) is 0 Å². The number of likely N-dealkylation sites (tertiary alicyclic amines) is 1. The summed E-state index contributed by atoms with van der Waals surface area (Å²) in [6.45, 7) is 3.76. The second kappa shape index (κ2) is 6.52. The summed E-state index contributed by atoms with van der Waals surface area (Å²) < 4.78 is -1.51. The molecule has 110 valence electrons. The van der Waals surface area contributed by atoms with Gasteiger partial charge < -0.3 is 4.90 Å². The van der Waals surface area contributed by atoms with Crippen molar-refractivity contribution in [3.63, 3.8) is 0 Å². The standard InChI is InChI=1S/C14H17Cl3N2O/c1-10-5-4-6-11(9-10)12(20)18-13(14(15,16)17)19-7-2-3-8-19/h4-6,9,13H,2-3,7-8H2,1H3,(H,18,20)/p+1/t13-/m0/s1. The summed E-state index contributed by atoms with van der Waals surface area (Å²) in [7, 11) is 0. The molecule has 0 bridgehead atoms. The minimum Gasteiger partial charge on any atom is -0.312 e. The molecule has 0 aromatic heterocycles. The molecule has 0 aliphatic carbocycles. The predicted molar refractivity (Wildman–Crippen MR) is 82.7 cm³/mol. The summed E-state index contributed by atoms with van der Waals surface area (Å²) >= 11 is 18.1. The first kappa shape index (κ1) is 15.9. The van der Waals surface area contributed by atoms with Crippen LogP contribution in [-0.2, 0) is 0 Å². The molecule has 1 atom stereocenters. The lowest BCUT2D eigenvalue weighted by Gasteiger charge is -2.30. The summed E-state index contributed by atoms with van der Waals surface area (Å²) in [5.74, 6) is -0.204. The zero-order chi connectivity index (χ0) is 14.8. The van der Waals surface area contributed by atoms with Crippen molar-refractivity contribution in [1.82, 2.24) is 5.32 Å². The van der Waals surface area contributed by atoms with Crippen molar-refractivity contribution in [3.05, 3.63) is 35.4 Å². The van der Waals surface area contributed by atoms with Gasteiger partial charge in [-0.25, -0.2) is 0 Å². The van der Waals surface area contributed by atoms with Crippen molar-refractivity contribution < 1.29 is 9.69 Å². The molecule has 0 saturated carbocycles. The van der Waals surface area contributed by atoms with E-state index in [2.05, 4.69) is 5.32 Å². The largest absolute Gasteiger partial charge is 0.312 e. The minimum atomic E-state index is -1.51. The molecule has 6 heteroatoms. The van der Waals surface area contributed by atoms with E-state index in [1.165, 1.54) is 0 Å². The van der Waals surface area contributed by atoms with Crippen LogP contribution in [0, 0.1) is 6.92 Å². The van der Waals surface area contributed by atoms with Crippen molar-refractivity contribution >= 4 is 40.7 Å². The van der Waals surface area contributed by atoms with Crippen LogP contribution >= 0.6 is 34.8 Å². The number of quaternary nitrogens is 1. The fourth-order valence-corrected chi connectivity index (χ4v) is 3.16. The Morgan fingerprint density at radius 1 is 1.30 bits per heavy atom. The molecule has 1 aliphatic heterocycles. The highest BCUT2D eigenvalue weighted by Gasteiger charge is 2.43. The Labute approximate surface area is 134 Å². The molecule has 0 radical (unpaired) electrons. The number of carbonyl (C=O) groups excluding carboxylic acids is 1. The van der Waals surface area contributed by atoms with E-state index in [4.69, 9.17) is 34.8 Å². The van der Waals surface area contributed by atoms with Crippen LogP contribution in [0.25, 0.3) is 0 Å². The number of hydrogen-bond donors (Lipinski definition) is 2. The average molecular weight is 337 g/mol. The van der Waals surface area contributed by atoms with Crippen molar-refractivity contribution in [2.75, 3.05) is 13.1 Å². The van der Waals surface area contributed by atoms with Crippen molar-refractivity contribution in [2.45, 2.75) is 29.7 Å². The molecule has 2 rings (SSSR count). The molecule has 0 spiro atoms. The Hall–Kier alpha value is -0.480. The number of rotatable bonds is 3. The zero-order valence-corrected chi connectivity index (χ0v) is 13.5. The van der Waals surface area contributed by atoms with E-state index < -0.39 is 9.96 Å². The summed E-state index contributed by atoms with van der Waals surface area (Å²) in [5, 5.41) is 2.87. The molecule has 20 heavy (non-hydrogen) atoms.